The van der Waals surface area contributed by atoms with Crippen molar-refractivity contribution in [1.82, 2.24) is 5.32 Å². The molecular formula is C22H29ClN4O2. The SMILES string of the molecule is CC(NC(=O)C[C@@H]1CCC[C@H]1N)c1ccc(NC(=O)Nc2ccccc2)cc1.Cl. The van der Waals surface area contributed by atoms with Gasteiger partial charge in [-0.15, -0.1) is 12.4 Å². The molecule has 1 aliphatic carbocycles. The molecule has 3 amide bonds. The Balaban J connectivity index is 0.00000300. The van der Waals surface area contributed by atoms with Crippen molar-refractivity contribution < 1.29 is 9.59 Å². The normalized spacial score (nSPS) is 19.0. The summed E-state index contributed by atoms with van der Waals surface area (Å²) in [5.74, 6) is 0.334. The van der Waals surface area contributed by atoms with Crippen LogP contribution in [0.1, 0.15) is 44.2 Å². The van der Waals surface area contributed by atoms with Gasteiger partial charge in [0, 0.05) is 23.8 Å². The van der Waals surface area contributed by atoms with Crippen molar-refractivity contribution in [3.8, 4) is 0 Å². The van der Waals surface area contributed by atoms with Crippen LogP contribution in [0.2, 0.25) is 0 Å². The smallest absolute Gasteiger partial charge is 0.323 e. The van der Waals surface area contributed by atoms with E-state index >= 15 is 0 Å². The molecule has 6 nitrogen and oxygen atoms in total. The zero-order chi connectivity index (χ0) is 19.9. The topological polar surface area (TPSA) is 96.2 Å². The van der Waals surface area contributed by atoms with Crippen LogP contribution in [0.3, 0.4) is 0 Å². The second-order valence-corrected chi connectivity index (χ2v) is 7.42. The number of urea groups is 1. The highest BCUT2D eigenvalue weighted by molar-refractivity contribution is 5.99. The third-order valence-electron chi connectivity index (χ3n) is 5.24. The van der Waals surface area contributed by atoms with Crippen LogP contribution >= 0.6 is 12.4 Å². The average molecular weight is 417 g/mol. The van der Waals surface area contributed by atoms with Gasteiger partial charge in [0.05, 0.1) is 6.04 Å². The molecule has 2 aromatic rings. The Bertz CT molecular complexity index is 798. The van der Waals surface area contributed by atoms with Crippen molar-refractivity contribution in [2.75, 3.05) is 10.6 Å². The molecule has 0 aromatic heterocycles. The Kier molecular flexibility index (Phi) is 8.49. The number of amides is 3. The van der Waals surface area contributed by atoms with Crippen molar-refractivity contribution in [1.29, 1.82) is 0 Å². The van der Waals surface area contributed by atoms with Crippen molar-refractivity contribution in [3.05, 3.63) is 60.2 Å². The summed E-state index contributed by atoms with van der Waals surface area (Å²) in [5, 5.41) is 8.62. The first-order valence-corrected chi connectivity index (χ1v) is 9.79. The quantitative estimate of drug-likeness (QED) is 0.560. The monoisotopic (exact) mass is 416 g/mol. The molecule has 3 rings (SSSR count). The first kappa shape index (κ1) is 22.7. The summed E-state index contributed by atoms with van der Waals surface area (Å²) in [6, 6.07) is 16.5. The molecule has 1 unspecified atom stereocenters. The van der Waals surface area contributed by atoms with Crippen LogP contribution < -0.4 is 21.7 Å². The summed E-state index contributed by atoms with van der Waals surface area (Å²) < 4.78 is 0. The molecule has 2 aromatic carbocycles. The van der Waals surface area contributed by atoms with Crippen molar-refractivity contribution >= 4 is 35.7 Å². The number of benzene rings is 2. The number of halogens is 1. The van der Waals surface area contributed by atoms with Gasteiger partial charge in [-0.2, -0.15) is 0 Å². The maximum absolute atomic E-state index is 12.3. The first-order chi connectivity index (χ1) is 13.5. The number of para-hydroxylation sites is 1. The van der Waals surface area contributed by atoms with Gasteiger partial charge in [-0.25, -0.2) is 4.79 Å². The highest BCUT2D eigenvalue weighted by atomic mass is 35.5. The fourth-order valence-corrected chi connectivity index (χ4v) is 3.61. The lowest BCUT2D eigenvalue weighted by molar-refractivity contribution is -0.122. The summed E-state index contributed by atoms with van der Waals surface area (Å²) in [7, 11) is 0. The van der Waals surface area contributed by atoms with Crippen LogP contribution in [0.15, 0.2) is 54.6 Å². The maximum Gasteiger partial charge on any atom is 0.323 e. The Hall–Kier alpha value is -2.57. The third-order valence-corrected chi connectivity index (χ3v) is 5.24. The minimum Gasteiger partial charge on any atom is -0.350 e. The van der Waals surface area contributed by atoms with E-state index in [9.17, 15) is 9.59 Å². The molecule has 5 N–H and O–H groups in total. The fourth-order valence-electron chi connectivity index (χ4n) is 3.61. The summed E-state index contributed by atoms with van der Waals surface area (Å²) >= 11 is 0. The molecule has 1 saturated carbocycles. The van der Waals surface area contributed by atoms with Crippen molar-refractivity contribution in [2.45, 2.75) is 44.7 Å². The van der Waals surface area contributed by atoms with Gasteiger partial charge in [0.25, 0.3) is 0 Å². The molecule has 0 spiro atoms. The number of carbonyl (C=O) groups is 2. The number of hydrogen-bond acceptors (Lipinski definition) is 3. The predicted octanol–water partition coefficient (Wildman–Crippen LogP) is 4.45. The van der Waals surface area contributed by atoms with Gasteiger partial charge in [-0.1, -0.05) is 36.8 Å². The molecule has 156 valence electrons. The largest absolute Gasteiger partial charge is 0.350 e. The van der Waals surface area contributed by atoms with Gasteiger partial charge >= 0.3 is 6.03 Å². The lowest BCUT2D eigenvalue weighted by atomic mass is 9.99. The van der Waals surface area contributed by atoms with Gasteiger partial charge in [0.2, 0.25) is 5.91 Å². The van der Waals surface area contributed by atoms with E-state index in [2.05, 4.69) is 16.0 Å². The molecule has 1 fully saturated rings. The molecular weight excluding hydrogens is 388 g/mol. The lowest BCUT2D eigenvalue weighted by Crippen LogP contribution is -2.32. The second kappa shape index (κ2) is 10.8. The van der Waals surface area contributed by atoms with Gasteiger partial charge in [0.15, 0.2) is 0 Å². The number of anilines is 2. The molecule has 7 heteroatoms. The highest BCUT2D eigenvalue weighted by Crippen LogP contribution is 2.27. The van der Waals surface area contributed by atoms with E-state index in [-0.39, 0.29) is 36.4 Å². The Morgan fingerprint density at radius 1 is 1.00 bits per heavy atom. The van der Waals surface area contributed by atoms with Crippen LogP contribution in [0.4, 0.5) is 16.2 Å². The zero-order valence-electron chi connectivity index (χ0n) is 16.6. The van der Waals surface area contributed by atoms with E-state index in [4.69, 9.17) is 5.73 Å². The minimum absolute atomic E-state index is 0. The van der Waals surface area contributed by atoms with Crippen molar-refractivity contribution in [3.63, 3.8) is 0 Å². The Labute approximate surface area is 178 Å². The molecule has 0 heterocycles. The Morgan fingerprint density at radius 2 is 1.62 bits per heavy atom. The van der Waals surface area contributed by atoms with Crippen LogP contribution in [0.25, 0.3) is 0 Å². The molecule has 0 saturated heterocycles. The lowest BCUT2D eigenvalue weighted by Gasteiger charge is -2.18. The number of nitrogens with one attached hydrogen (secondary N) is 3. The van der Waals surface area contributed by atoms with E-state index in [1.165, 1.54) is 0 Å². The average Bonchev–Trinajstić information content (AvgIpc) is 3.07. The van der Waals surface area contributed by atoms with Crippen LogP contribution in [-0.4, -0.2) is 18.0 Å². The van der Waals surface area contributed by atoms with Crippen molar-refractivity contribution in [2.24, 2.45) is 11.7 Å². The van der Waals surface area contributed by atoms with Gasteiger partial charge in [0.1, 0.15) is 0 Å². The van der Waals surface area contributed by atoms with Crippen LogP contribution in [0.5, 0.6) is 0 Å². The molecule has 3 atom stereocenters. The summed E-state index contributed by atoms with van der Waals surface area (Å²) in [4.78, 5) is 24.3. The van der Waals surface area contributed by atoms with E-state index < -0.39 is 0 Å². The van der Waals surface area contributed by atoms with E-state index in [1.54, 1.807) is 0 Å². The minimum atomic E-state index is -0.298. The Morgan fingerprint density at radius 3 is 2.21 bits per heavy atom. The zero-order valence-corrected chi connectivity index (χ0v) is 17.4. The molecule has 0 aliphatic heterocycles. The fraction of sp³-hybridized carbons (Fsp3) is 0.364. The van der Waals surface area contributed by atoms with E-state index in [0.717, 1.165) is 30.5 Å². The predicted molar refractivity (Wildman–Crippen MR) is 119 cm³/mol. The maximum atomic E-state index is 12.3. The molecule has 29 heavy (non-hydrogen) atoms. The number of carbonyl (C=O) groups excluding carboxylic acids is 2. The molecule has 0 bridgehead atoms. The van der Waals surface area contributed by atoms with Crippen LogP contribution in [-0.2, 0) is 4.79 Å². The van der Waals surface area contributed by atoms with Gasteiger partial charge in [-0.05, 0) is 55.5 Å². The highest BCUT2D eigenvalue weighted by Gasteiger charge is 2.26. The summed E-state index contributed by atoms with van der Waals surface area (Å²) in [6.07, 6.45) is 3.65. The number of hydrogen-bond donors (Lipinski definition) is 4. The molecule has 1 aliphatic rings. The van der Waals surface area contributed by atoms with E-state index in [0.29, 0.717) is 18.0 Å². The first-order valence-electron chi connectivity index (χ1n) is 9.79. The second-order valence-electron chi connectivity index (χ2n) is 7.42. The van der Waals surface area contributed by atoms with Gasteiger partial charge in [-0.3, -0.25) is 4.79 Å². The third kappa shape index (κ3) is 6.76. The van der Waals surface area contributed by atoms with Gasteiger partial charge < -0.3 is 21.7 Å². The van der Waals surface area contributed by atoms with E-state index in [1.807, 2.05) is 61.5 Å². The molecule has 0 radical (unpaired) electrons. The van der Waals surface area contributed by atoms with Crippen LogP contribution in [0, 0.1) is 5.92 Å². The summed E-state index contributed by atoms with van der Waals surface area (Å²) in [5.41, 5.74) is 8.46. The number of rotatable bonds is 6. The standard InChI is InChI=1S/C22H28N4O2.ClH/c1-15(24-21(27)14-17-6-5-9-20(17)23)16-10-12-19(13-11-16)26-22(28)25-18-7-3-2-4-8-18;/h2-4,7-8,10-13,15,17,20H,5-6,9,14,23H2,1H3,(H,24,27)(H2,25,26,28);1H/t15?,17-,20+;/m0./s1. The number of nitrogens with two attached hydrogens (primary N) is 1. The summed E-state index contributed by atoms with van der Waals surface area (Å²) in [6.45, 7) is 1.96.